The molecule has 0 aliphatic heterocycles. The number of carboxylic acid groups (broad SMARTS) is 1. The monoisotopic (exact) mass is 215 g/mol. The van der Waals surface area contributed by atoms with E-state index in [0.29, 0.717) is 11.7 Å². The van der Waals surface area contributed by atoms with Crippen molar-refractivity contribution in [2.75, 3.05) is 0 Å². The van der Waals surface area contributed by atoms with E-state index in [4.69, 9.17) is 0 Å². The fraction of sp³-hybridized carbons (Fsp3) is 0.308. The highest BCUT2D eigenvalue weighted by Gasteiger charge is 2.29. The highest BCUT2D eigenvalue weighted by atomic mass is 16.4. The summed E-state index contributed by atoms with van der Waals surface area (Å²) in [4.78, 5) is 11.2. The van der Waals surface area contributed by atoms with Gasteiger partial charge in [-0.3, -0.25) is 0 Å². The first-order valence-electron chi connectivity index (χ1n) is 5.52. The Balaban J connectivity index is 2.37. The molecule has 1 N–H and O–H groups in total. The highest BCUT2D eigenvalue weighted by molar-refractivity contribution is 5.96. The van der Waals surface area contributed by atoms with Crippen molar-refractivity contribution in [3.8, 4) is 0 Å². The minimum absolute atomic E-state index is 0.394. The first-order valence-corrected chi connectivity index (χ1v) is 5.52. The fourth-order valence-corrected chi connectivity index (χ4v) is 2.29. The van der Waals surface area contributed by atoms with Crippen LogP contribution in [0.1, 0.15) is 34.9 Å². The van der Waals surface area contributed by atoms with Crippen LogP contribution < -0.4 is 0 Å². The summed E-state index contributed by atoms with van der Waals surface area (Å²) in [6.45, 7) is 2.02. The van der Waals surface area contributed by atoms with Crippen molar-refractivity contribution in [3.05, 3.63) is 35.5 Å². The van der Waals surface area contributed by atoms with Gasteiger partial charge in [0.2, 0.25) is 0 Å². The molecule has 0 atom stereocenters. The first-order chi connectivity index (χ1) is 7.68. The second kappa shape index (κ2) is 3.11. The van der Waals surface area contributed by atoms with Gasteiger partial charge >= 0.3 is 5.97 Å². The summed E-state index contributed by atoms with van der Waals surface area (Å²) < 4.78 is 1.98. The second-order valence-electron chi connectivity index (χ2n) is 4.44. The van der Waals surface area contributed by atoms with E-state index in [1.54, 1.807) is 6.07 Å². The number of fused-ring (bicyclic) bond motifs is 1. The third-order valence-electron chi connectivity index (χ3n) is 3.23. The summed E-state index contributed by atoms with van der Waals surface area (Å²) in [6, 6.07) is 8.21. The molecule has 1 saturated carbocycles. The molecule has 2 aromatic rings. The Morgan fingerprint density at radius 1 is 1.44 bits per heavy atom. The lowest BCUT2D eigenvalue weighted by atomic mass is 10.1. The number of aryl methyl sites for hydroxylation is 1. The van der Waals surface area contributed by atoms with Crippen LogP contribution in [0.4, 0.5) is 0 Å². The summed E-state index contributed by atoms with van der Waals surface area (Å²) in [5.74, 6) is -0.831. The van der Waals surface area contributed by atoms with Gasteiger partial charge in [-0.2, -0.15) is 0 Å². The average molecular weight is 215 g/mol. The predicted molar refractivity (Wildman–Crippen MR) is 61.9 cm³/mol. The summed E-state index contributed by atoms with van der Waals surface area (Å²) in [7, 11) is 0. The van der Waals surface area contributed by atoms with Gasteiger partial charge in [-0.25, -0.2) is 4.79 Å². The third-order valence-corrected chi connectivity index (χ3v) is 3.23. The molecule has 1 fully saturated rings. The first kappa shape index (κ1) is 9.46. The lowest BCUT2D eigenvalue weighted by Gasteiger charge is -2.05. The molecule has 82 valence electrons. The number of nitrogens with zero attached hydrogens (tertiary/aromatic N) is 1. The van der Waals surface area contributed by atoms with E-state index < -0.39 is 5.97 Å². The van der Waals surface area contributed by atoms with Crippen LogP contribution in [0.2, 0.25) is 0 Å². The van der Waals surface area contributed by atoms with Crippen molar-refractivity contribution in [1.29, 1.82) is 0 Å². The van der Waals surface area contributed by atoms with Crippen LogP contribution in [-0.2, 0) is 0 Å². The van der Waals surface area contributed by atoms with Crippen LogP contribution >= 0.6 is 0 Å². The van der Waals surface area contributed by atoms with E-state index in [-0.39, 0.29) is 0 Å². The van der Waals surface area contributed by atoms with Crippen LogP contribution in [-0.4, -0.2) is 15.6 Å². The largest absolute Gasteiger partial charge is 0.477 e. The average Bonchev–Trinajstić information content (AvgIpc) is 2.99. The lowest BCUT2D eigenvalue weighted by Crippen LogP contribution is -2.06. The summed E-state index contributed by atoms with van der Waals surface area (Å²) >= 11 is 0. The van der Waals surface area contributed by atoms with Crippen LogP contribution in [0.5, 0.6) is 0 Å². The zero-order valence-corrected chi connectivity index (χ0v) is 9.10. The van der Waals surface area contributed by atoms with Crippen LogP contribution in [0.3, 0.4) is 0 Å². The van der Waals surface area contributed by atoms with E-state index in [2.05, 4.69) is 0 Å². The van der Waals surface area contributed by atoms with Crippen molar-refractivity contribution in [3.63, 3.8) is 0 Å². The molecular formula is C13H13NO2. The van der Waals surface area contributed by atoms with E-state index >= 15 is 0 Å². The van der Waals surface area contributed by atoms with Crippen molar-refractivity contribution >= 4 is 16.9 Å². The molecule has 1 aliphatic carbocycles. The molecule has 3 heteroatoms. The Kier molecular flexibility index (Phi) is 1.84. The quantitative estimate of drug-likeness (QED) is 0.836. The van der Waals surface area contributed by atoms with E-state index in [0.717, 1.165) is 29.3 Å². The molecule has 1 heterocycles. The van der Waals surface area contributed by atoms with Crippen LogP contribution in [0.15, 0.2) is 24.3 Å². The molecule has 16 heavy (non-hydrogen) atoms. The van der Waals surface area contributed by atoms with Gasteiger partial charge < -0.3 is 9.67 Å². The highest BCUT2D eigenvalue weighted by Crippen LogP contribution is 2.40. The Hall–Kier alpha value is -1.77. The molecule has 0 radical (unpaired) electrons. The van der Waals surface area contributed by atoms with Crippen LogP contribution in [0.25, 0.3) is 10.9 Å². The van der Waals surface area contributed by atoms with Crippen molar-refractivity contribution in [2.45, 2.75) is 25.8 Å². The van der Waals surface area contributed by atoms with Crippen molar-refractivity contribution < 1.29 is 9.90 Å². The number of carbonyl (C=O) groups is 1. The van der Waals surface area contributed by atoms with Gasteiger partial charge in [0.1, 0.15) is 5.69 Å². The smallest absolute Gasteiger partial charge is 0.352 e. The standard InChI is InChI=1S/C13H13NO2/c1-8-3-2-4-11-10(8)7-12(13(15)16)14(11)9-5-6-9/h2-4,7,9H,5-6H2,1H3,(H,15,16). The molecule has 0 unspecified atom stereocenters. The number of rotatable bonds is 2. The molecule has 3 nitrogen and oxygen atoms in total. The Labute approximate surface area is 93.3 Å². The number of carboxylic acids is 1. The minimum Gasteiger partial charge on any atom is -0.477 e. The van der Waals surface area contributed by atoms with E-state index in [1.165, 1.54) is 0 Å². The molecular weight excluding hydrogens is 202 g/mol. The number of hydrogen-bond donors (Lipinski definition) is 1. The maximum atomic E-state index is 11.2. The minimum atomic E-state index is -0.831. The number of aromatic nitrogens is 1. The van der Waals surface area contributed by atoms with Gasteiger partial charge in [-0.15, -0.1) is 0 Å². The normalized spacial score (nSPS) is 15.6. The zero-order chi connectivity index (χ0) is 11.3. The van der Waals surface area contributed by atoms with Crippen molar-refractivity contribution in [1.82, 2.24) is 4.57 Å². The molecule has 3 rings (SSSR count). The van der Waals surface area contributed by atoms with Gasteiger partial charge in [0.05, 0.1) is 0 Å². The van der Waals surface area contributed by atoms with Gasteiger partial charge in [0, 0.05) is 16.9 Å². The van der Waals surface area contributed by atoms with Crippen LogP contribution in [0, 0.1) is 6.92 Å². The predicted octanol–water partition coefficient (Wildman–Crippen LogP) is 2.98. The molecule has 0 amide bonds. The zero-order valence-electron chi connectivity index (χ0n) is 9.10. The van der Waals surface area contributed by atoms with Gasteiger partial charge in [0.15, 0.2) is 0 Å². The molecule has 0 spiro atoms. The Bertz CT molecular complexity index is 579. The van der Waals surface area contributed by atoms with Gasteiger partial charge in [0.25, 0.3) is 0 Å². The molecule has 1 aromatic heterocycles. The summed E-state index contributed by atoms with van der Waals surface area (Å²) in [5, 5.41) is 10.3. The van der Waals surface area contributed by atoms with Gasteiger partial charge in [-0.1, -0.05) is 12.1 Å². The maximum Gasteiger partial charge on any atom is 0.352 e. The second-order valence-corrected chi connectivity index (χ2v) is 4.44. The summed E-state index contributed by atoms with van der Waals surface area (Å²) in [5.41, 5.74) is 2.62. The Morgan fingerprint density at radius 2 is 2.19 bits per heavy atom. The SMILES string of the molecule is Cc1cccc2c1cc(C(=O)O)n2C1CC1. The molecule has 0 saturated heterocycles. The van der Waals surface area contributed by atoms with Crippen molar-refractivity contribution in [2.24, 2.45) is 0 Å². The topological polar surface area (TPSA) is 42.2 Å². The van der Waals surface area contributed by atoms with Gasteiger partial charge in [-0.05, 0) is 37.5 Å². The third kappa shape index (κ3) is 1.24. The Morgan fingerprint density at radius 3 is 2.81 bits per heavy atom. The number of benzene rings is 1. The van der Waals surface area contributed by atoms with E-state index in [9.17, 15) is 9.90 Å². The lowest BCUT2D eigenvalue weighted by molar-refractivity contribution is 0.0685. The molecule has 1 aromatic carbocycles. The molecule has 0 bridgehead atoms. The molecule has 1 aliphatic rings. The summed E-state index contributed by atoms with van der Waals surface area (Å²) in [6.07, 6.45) is 2.19. The van der Waals surface area contributed by atoms with E-state index in [1.807, 2.05) is 29.7 Å². The number of hydrogen-bond acceptors (Lipinski definition) is 1. The fourth-order valence-electron chi connectivity index (χ4n) is 2.29. The maximum absolute atomic E-state index is 11.2. The number of aromatic carboxylic acids is 1.